The topological polar surface area (TPSA) is 21.3 Å². The fourth-order valence-corrected chi connectivity index (χ4v) is 3.39. The van der Waals surface area contributed by atoms with E-state index in [-0.39, 0.29) is 0 Å². The SMILES string of the molecule is CC1CCC(CNCC2COc3ccccc32)CC1. The van der Waals surface area contributed by atoms with Crippen LogP contribution in [0.3, 0.4) is 0 Å². The predicted molar refractivity (Wildman–Crippen MR) is 78.7 cm³/mol. The Kier molecular flexibility index (Phi) is 4.07. The fourth-order valence-electron chi connectivity index (χ4n) is 3.39. The largest absolute Gasteiger partial charge is 0.493 e. The highest BCUT2D eigenvalue weighted by molar-refractivity contribution is 5.39. The Labute approximate surface area is 116 Å². The van der Waals surface area contributed by atoms with Crippen LogP contribution in [0.15, 0.2) is 24.3 Å². The molecule has 1 aliphatic heterocycles. The monoisotopic (exact) mass is 259 g/mol. The molecule has 2 aliphatic rings. The van der Waals surface area contributed by atoms with Crippen LogP contribution in [0.2, 0.25) is 0 Å². The van der Waals surface area contributed by atoms with E-state index in [0.717, 1.165) is 30.7 Å². The summed E-state index contributed by atoms with van der Waals surface area (Å²) in [5, 5.41) is 3.67. The molecule has 1 aromatic carbocycles. The van der Waals surface area contributed by atoms with Crippen LogP contribution in [-0.2, 0) is 0 Å². The van der Waals surface area contributed by atoms with Gasteiger partial charge >= 0.3 is 0 Å². The standard InChI is InChI=1S/C17H25NO/c1-13-6-8-14(9-7-13)10-18-11-15-12-19-17-5-3-2-4-16(15)17/h2-5,13-15,18H,6-12H2,1H3. The summed E-state index contributed by atoms with van der Waals surface area (Å²) in [4.78, 5) is 0. The summed E-state index contributed by atoms with van der Waals surface area (Å²) in [5.41, 5.74) is 1.38. The first-order chi connectivity index (χ1) is 9.33. The summed E-state index contributed by atoms with van der Waals surface area (Å²) >= 11 is 0. The summed E-state index contributed by atoms with van der Waals surface area (Å²) in [6.07, 6.45) is 5.65. The molecule has 0 amide bonds. The van der Waals surface area contributed by atoms with Crippen molar-refractivity contribution < 1.29 is 4.74 Å². The average Bonchev–Trinajstić information content (AvgIpc) is 2.85. The van der Waals surface area contributed by atoms with Crippen LogP contribution in [0.5, 0.6) is 5.75 Å². The molecule has 0 bridgehead atoms. The van der Waals surface area contributed by atoms with E-state index < -0.39 is 0 Å². The highest BCUT2D eigenvalue weighted by atomic mass is 16.5. The highest BCUT2D eigenvalue weighted by Gasteiger charge is 2.24. The number of fused-ring (bicyclic) bond motifs is 1. The molecule has 0 aromatic heterocycles. The van der Waals surface area contributed by atoms with Crippen LogP contribution in [0, 0.1) is 11.8 Å². The maximum atomic E-state index is 5.73. The van der Waals surface area contributed by atoms with E-state index in [9.17, 15) is 0 Å². The third-order valence-corrected chi connectivity index (χ3v) is 4.76. The smallest absolute Gasteiger partial charge is 0.122 e. The minimum atomic E-state index is 0.540. The Morgan fingerprint density at radius 2 is 1.89 bits per heavy atom. The molecule has 0 radical (unpaired) electrons. The quantitative estimate of drug-likeness (QED) is 0.892. The number of ether oxygens (including phenoxy) is 1. The van der Waals surface area contributed by atoms with Gasteiger partial charge < -0.3 is 10.1 Å². The van der Waals surface area contributed by atoms with Crippen molar-refractivity contribution in [2.45, 2.75) is 38.5 Å². The Morgan fingerprint density at radius 3 is 2.74 bits per heavy atom. The summed E-state index contributed by atoms with van der Waals surface area (Å²) < 4.78 is 5.73. The fraction of sp³-hybridized carbons (Fsp3) is 0.647. The molecule has 1 heterocycles. The molecule has 3 rings (SSSR count). The molecule has 0 saturated heterocycles. The number of hydrogen-bond acceptors (Lipinski definition) is 2. The number of nitrogens with one attached hydrogen (secondary N) is 1. The first-order valence-corrected chi connectivity index (χ1v) is 7.75. The Bertz CT molecular complexity index is 409. The molecule has 1 aromatic rings. The molecule has 1 N–H and O–H groups in total. The lowest BCUT2D eigenvalue weighted by atomic mass is 9.83. The zero-order valence-electron chi connectivity index (χ0n) is 11.9. The minimum absolute atomic E-state index is 0.540. The molecule has 0 spiro atoms. The Hall–Kier alpha value is -1.02. The van der Waals surface area contributed by atoms with Gasteiger partial charge in [0.1, 0.15) is 5.75 Å². The van der Waals surface area contributed by atoms with Gasteiger partial charge in [0.05, 0.1) is 6.61 Å². The molecule has 1 saturated carbocycles. The van der Waals surface area contributed by atoms with Gasteiger partial charge in [0, 0.05) is 18.0 Å². The lowest BCUT2D eigenvalue weighted by molar-refractivity contribution is 0.275. The zero-order valence-corrected chi connectivity index (χ0v) is 11.9. The number of rotatable bonds is 4. The summed E-state index contributed by atoms with van der Waals surface area (Å²) in [5.74, 6) is 3.47. The van der Waals surface area contributed by atoms with Gasteiger partial charge in [-0.25, -0.2) is 0 Å². The van der Waals surface area contributed by atoms with E-state index in [1.54, 1.807) is 0 Å². The van der Waals surface area contributed by atoms with Gasteiger partial charge in [0.15, 0.2) is 0 Å². The van der Waals surface area contributed by atoms with E-state index in [2.05, 4.69) is 36.5 Å². The minimum Gasteiger partial charge on any atom is -0.493 e. The van der Waals surface area contributed by atoms with Crippen LogP contribution in [-0.4, -0.2) is 19.7 Å². The molecular weight excluding hydrogens is 234 g/mol. The maximum Gasteiger partial charge on any atom is 0.122 e. The summed E-state index contributed by atoms with van der Waals surface area (Å²) in [7, 11) is 0. The van der Waals surface area contributed by atoms with Crippen LogP contribution in [0.25, 0.3) is 0 Å². The van der Waals surface area contributed by atoms with Crippen molar-refractivity contribution in [3.05, 3.63) is 29.8 Å². The highest BCUT2D eigenvalue weighted by Crippen LogP contribution is 2.33. The molecule has 19 heavy (non-hydrogen) atoms. The van der Waals surface area contributed by atoms with E-state index in [0.29, 0.717) is 5.92 Å². The summed E-state index contributed by atoms with van der Waals surface area (Å²) in [6.45, 7) is 5.47. The lowest BCUT2D eigenvalue weighted by Gasteiger charge is -2.26. The van der Waals surface area contributed by atoms with Gasteiger partial charge in [-0.2, -0.15) is 0 Å². The van der Waals surface area contributed by atoms with Crippen LogP contribution in [0.1, 0.15) is 44.1 Å². The van der Waals surface area contributed by atoms with Gasteiger partial charge in [-0.3, -0.25) is 0 Å². The third kappa shape index (κ3) is 3.11. The number of hydrogen-bond donors (Lipinski definition) is 1. The van der Waals surface area contributed by atoms with Crippen LogP contribution in [0.4, 0.5) is 0 Å². The van der Waals surface area contributed by atoms with Gasteiger partial charge in [-0.1, -0.05) is 38.0 Å². The van der Waals surface area contributed by atoms with Gasteiger partial charge in [-0.15, -0.1) is 0 Å². The third-order valence-electron chi connectivity index (χ3n) is 4.76. The maximum absolute atomic E-state index is 5.73. The second-order valence-corrected chi connectivity index (χ2v) is 6.33. The molecule has 2 heteroatoms. The van der Waals surface area contributed by atoms with E-state index >= 15 is 0 Å². The first-order valence-electron chi connectivity index (χ1n) is 7.75. The van der Waals surface area contributed by atoms with E-state index in [4.69, 9.17) is 4.74 Å². The van der Waals surface area contributed by atoms with Crippen LogP contribution < -0.4 is 10.1 Å². The molecule has 2 nitrogen and oxygen atoms in total. The van der Waals surface area contributed by atoms with Crippen molar-refractivity contribution >= 4 is 0 Å². The molecule has 1 atom stereocenters. The van der Waals surface area contributed by atoms with Crippen molar-refractivity contribution in [3.63, 3.8) is 0 Å². The lowest BCUT2D eigenvalue weighted by Crippen LogP contribution is -2.29. The molecule has 104 valence electrons. The zero-order chi connectivity index (χ0) is 13.1. The number of para-hydroxylation sites is 1. The average molecular weight is 259 g/mol. The molecule has 1 unspecified atom stereocenters. The Balaban J connectivity index is 1.44. The predicted octanol–water partition coefficient (Wildman–Crippen LogP) is 3.58. The second kappa shape index (κ2) is 5.96. The van der Waals surface area contributed by atoms with Crippen molar-refractivity contribution in [1.82, 2.24) is 5.32 Å². The molecular formula is C17H25NO. The van der Waals surface area contributed by atoms with Gasteiger partial charge in [-0.05, 0) is 37.3 Å². The van der Waals surface area contributed by atoms with Crippen molar-refractivity contribution in [2.24, 2.45) is 11.8 Å². The Morgan fingerprint density at radius 1 is 1.11 bits per heavy atom. The van der Waals surface area contributed by atoms with Crippen molar-refractivity contribution in [3.8, 4) is 5.75 Å². The second-order valence-electron chi connectivity index (χ2n) is 6.33. The van der Waals surface area contributed by atoms with Gasteiger partial charge in [0.25, 0.3) is 0 Å². The van der Waals surface area contributed by atoms with Crippen molar-refractivity contribution in [1.29, 1.82) is 0 Å². The van der Waals surface area contributed by atoms with E-state index in [1.165, 1.54) is 37.8 Å². The van der Waals surface area contributed by atoms with Gasteiger partial charge in [0.2, 0.25) is 0 Å². The molecule has 1 aliphatic carbocycles. The summed E-state index contributed by atoms with van der Waals surface area (Å²) in [6, 6.07) is 8.45. The molecule has 1 fully saturated rings. The van der Waals surface area contributed by atoms with Crippen molar-refractivity contribution in [2.75, 3.05) is 19.7 Å². The number of benzene rings is 1. The first kappa shape index (κ1) is 13.0. The van der Waals surface area contributed by atoms with E-state index in [1.807, 2.05) is 0 Å². The normalized spacial score (nSPS) is 29.8. The van der Waals surface area contributed by atoms with Crippen LogP contribution >= 0.6 is 0 Å².